The molecule has 0 atom stereocenters. The molecule has 0 radical (unpaired) electrons. The highest BCUT2D eigenvalue weighted by molar-refractivity contribution is 5.35. The standard InChI is InChI=1S/C6H7N.C6H6O.CH4/c2*7-6-4-2-1-3-5-6;/h1-5H,7H2;1-5,7H;1H4. The summed E-state index contributed by atoms with van der Waals surface area (Å²) in [5.41, 5.74) is 6.18. The van der Waals surface area contributed by atoms with Gasteiger partial charge in [0.2, 0.25) is 0 Å². The zero-order chi connectivity index (χ0) is 10.2. The number of aromatic hydroxyl groups is 1. The van der Waals surface area contributed by atoms with Gasteiger partial charge in [-0.15, -0.1) is 0 Å². The zero-order valence-electron chi connectivity index (χ0n) is 7.80. The highest BCUT2D eigenvalue weighted by atomic mass is 16.3. The third-order valence-electron chi connectivity index (χ3n) is 1.56. The fourth-order valence-corrected chi connectivity index (χ4v) is 0.881. The third-order valence-corrected chi connectivity index (χ3v) is 1.56. The van der Waals surface area contributed by atoms with E-state index in [2.05, 4.69) is 0 Å². The van der Waals surface area contributed by atoms with Gasteiger partial charge in [-0.05, 0) is 24.3 Å². The minimum Gasteiger partial charge on any atom is -0.508 e. The van der Waals surface area contributed by atoms with Crippen LogP contribution >= 0.6 is 0 Å². The summed E-state index contributed by atoms with van der Waals surface area (Å²) < 4.78 is 0. The molecule has 80 valence electrons. The Morgan fingerprint density at radius 3 is 1.33 bits per heavy atom. The largest absolute Gasteiger partial charge is 0.508 e. The Hall–Kier alpha value is -1.96. The number of para-hydroxylation sites is 2. The summed E-state index contributed by atoms with van der Waals surface area (Å²) in [4.78, 5) is 0. The molecule has 2 heteroatoms. The first kappa shape index (κ1) is 13.0. The van der Waals surface area contributed by atoms with Crippen molar-refractivity contribution in [2.75, 3.05) is 5.73 Å². The van der Waals surface area contributed by atoms with Crippen LogP contribution in [0, 0.1) is 0 Å². The van der Waals surface area contributed by atoms with E-state index in [1.807, 2.05) is 36.4 Å². The van der Waals surface area contributed by atoms with Gasteiger partial charge < -0.3 is 10.8 Å². The first-order valence-corrected chi connectivity index (χ1v) is 4.33. The number of phenols is 1. The lowest BCUT2D eigenvalue weighted by molar-refractivity contribution is 0.475. The molecule has 0 aromatic heterocycles. The lowest BCUT2D eigenvalue weighted by atomic mass is 10.3. The van der Waals surface area contributed by atoms with E-state index in [4.69, 9.17) is 10.8 Å². The monoisotopic (exact) mass is 203 g/mol. The van der Waals surface area contributed by atoms with E-state index in [0.717, 1.165) is 5.69 Å². The van der Waals surface area contributed by atoms with E-state index in [-0.39, 0.29) is 7.43 Å². The van der Waals surface area contributed by atoms with Crippen molar-refractivity contribution in [1.82, 2.24) is 0 Å². The Bertz CT molecular complexity index is 308. The Balaban J connectivity index is 0.000000245. The molecule has 15 heavy (non-hydrogen) atoms. The summed E-state index contributed by atoms with van der Waals surface area (Å²) in [7, 11) is 0. The summed E-state index contributed by atoms with van der Waals surface area (Å²) in [6.45, 7) is 0. The molecule has 0 fully saturated rings. The first-order valence-electron chi connectivity index (χ1n) is 4.33. The van der Waals surface area contributed by atoms with E-state index >= 15 is 0 Å². The third kappa shape index (κ3) is 6.16. The highest BCUT2D eigenvalue weighted by Gasteiger charge is 1.74. The lowest BCUT2D eigenvalue weighted by Crippen LogP contribution is -1.79. The first-order chi connectivity index (χ1) is 6.79. The molecule has 2 rings (SSSR count). The molecule has 0 amide bonds. The highest BCUT2D eigenvalue weighted by Crippen LogP contribution is 2.02. The Morgan fingerprint density at radius 2 is 1.13 bits per heavy atom. The van der Waals surface area contributed by atoms with E-state index in [1.165, 1.54) is 0 Å². The van der Waals surface area contributed by atoms with Gasteiger partial charge >= 0.3 is 0 Å². The summed E-state index contributed by atoms with van der Waals surface area (Å²) in [5.74, 6) is 0.322. The molecule has 0 spiro atoms. The van der Waals surface area contributed by atoms with Gasteiger partial charge in [0.05, 0.1) is 0 Å². The molecule has 0 unspecified atom stereocenters. The smallest absolute Gasteiger partial charge is 0.115 e. The second-order valence-electron chi connectivity index (χ2n) is 2.75. The van der Waals surface area contributed by atoms with Crippen molar-refractivity contribution in [3.8, 4) is 5.75 Å². The summed E-state index contributed by atoms with van der Waals surface area (Å²) in [6.07, 6.45) is 0. The average molecular weight is 203 g/mol. The summed E-state index contributed by atoms with van der Waals surface area (Å²) in [6, 6.07) is 18.2. The van der Waals surface area contributed by atoms with Crippen LogP contribution in [-0.2, 0) is 0 Å². The summed E-state index contributed by atoms with van der Waals surface area (Å²) in [5, 5.41) is 8.63. The van der Waals surface area contributed by atoms with Crippen molar-refractivity contribution in [2.45, 2.75) is 7.43 Å². The van der Waals surface area contributed by atoms with Gasteiger partial charge in [-0.1, -0.05) is 43.8 Å². The van der Waals surface area contributed by atoms with Crippen LogP contribution in [0.1, 0.15) is 7.43 Å². The van der Waals surface area contributed by atoms with Crippen molar-refractivity contribution in [3.05, 3.63) is 60.7 Å². The van der Waals surface area contributed by atoms with Crippen LogP contribution in [0.25, 0.3) is 0 Å². The predicted molar refractivity (Wildman–Crippen MR) is 65.7 cm³/mol. The number of nitrogen functional groups attached to an aromatic ring is 1. The van der Waals surface area contributed by atoms with Crippen LogP contribution in [-0.4, -0.2) is 5.11 Å². The summed E-state index contributed by atoms with van der Waals surface area (Å²) >= 11 is 0. The molecule has 0 bridgehead atoms. The van der Waals surface area contributed by atoms with Crippen molar-refractivity contribution in [2.24, 2.45) is 0 Å². The van der Waals surface area contributed by atoms with Gasteiger partial charge in [-0.2, -0.15) is 0 Å². The van der Waals surface area contributed by atoms with Crippen molar-refractivity contribution >= 4 is 5.69 Å². The van der Waals surface area contributed by atoms with Gasteiger partial charge in [-0.3, -0.25) is 0 Å². The van der Waals surface area contributed by atoms with Crippen LogP contribution in [0.4, 0.5) is 5.69 Å². The molecule has 0 aliphatic carbocycles. The SMILES string of the molecule is C.Nc1ccccc1.Oc1ccccc1. The van der Waals surface area contributed by atoms with Crippen LogP contribution in [0.3, 0.4) is 0 Å². The number of phenolic OH excluding ortho intramolecular Hbond substituents is 1. The molecule has 2 nitrogen and oxygen atoms in total. The molecule has 0 saturated carbocycles. The molecular weight excluding hydrogens is 186 g/mol. The second-order valence-corrected chi connectivity index (χ2v) is 2.75. The number of benzene rings is 2. The van der Waals surface area contributed by atoms with Crippen LogP contribution in [0.2, 0.25) is 0 Å². The van der Waals surface area contributed by atoms with Gasteiger partial charge in [0.25, 0.3) is 0 Å². The number of anilines is 1. The normalized spacial score (nSPS) is 8.00. The number of hydrogen-bond acceptors (Lipinski definition) is 2. The van der Waals surface area contributed by atoms with Crippen molar-refractivity contribution in [1.29, 1.82) is 0 Å². The molecule has 0 aliphatic heterocycles. The van der Waals surface area contributed by atoms with E-state index in [1.54, 1.807) is 24.3 Å². The Labute approximate surface area is 91.0 Å². The van der Waals surface area contributed by atoms with Crippen LogP contribution in [0.15, 0.2) is 60.7 Å². The minimum atomic E-state index is 0. The number of nitrogens with two attached hydrogens (primary N) is 1. The molecule has 2 aromatic rings. The quantitative estimate of drug-likeness (QED) is 0.645. The molecule has 2 aromatic carbocycles. The zero-order valence-corrected chi connectivity index (χ0v) is 7.80. The topological polar surface area (TPSA) is 46.2 Å². The van der Waals surface area contributed by atoms with Crippen molar-refractivity contribution in [3.63, 3.8) is 0 Å². The average Bonchev–Trinajstić information content (AvgIpc) is 2.21. The second kappa shape index (κ2) is 7.44. The molecule has 0 saturated heterocycles. The minimum absolute atomic E-state index is 0. The van der Waals surface area contributed by atoms with Gasteiger partial charge in [-0.25, -0.2) is 0 Å². The maximum absolute atomic E-state index is 8.63. The fourth-order valence-electron chi connectivity index (χ4n) is 0.881. The number of rotatable bonds is 0. The van der Waals surface area contributed by atoms with E-state index in [9.17, 15) is 0 Å². The molecular formula is C13H17NO. The Kier molecular flexibility index (Phi) is 6.47. The molecule has 3 N–H and O–H groups in total. The maximum Gasteiger partial charge on any atom is 0.115 e. The van der Waals surface area contributed by atoms with Crippen LogP contribution in [0.5, 0.6) is 5.75 Å². The van der Waals surface area contributed by atoms with Gasteiger partial charge in [0, 0.05) is 5.69 Å². The van der Waals surface area contributed by atoms with Gasteiger partial charge in [0.15, 0.2) is 0 Å². The molecule has 0 heterocycles. The van der Waals surface area contributed by atoms with Crippen molar-refractivity contribution < 1.29 is 5.11 Å². The lowest BCUT2D eigenvalue weighted by Gasteiger charge is -1.83. The maximum atomic E-state index is 8.63. The van der Waals surface area contributed by atoms with Crippen LogP contribution < -0.4 is 5.73 Å². The number of hydrogen-bond donors (Lipinski definition) is 2. The van der Waals surface area contributed by atoms with Gasteiger partial charge in [0.1, 0.15) is 5.75 Å². The van der Waals surface area contributed by atoms with E-state index < -0.39 is 0 Å². The van der Waals surface area contributed by atoms with E-state index in [0.29, 0.717) is 5.75 Å². The Morgan fingerprint density at radius 1 is 0.733 bits per heavy atom. The molecule has 0 aliphatic rings. The fraction of sp³-hybridized carbons (Fsp3) is 0.0769. The predicted octanol–water partition coefficient (Wildman–Crippen LogP) is 3.30.